The van der Waals surface area contributed by atoms with Crippen LogP contribution in [0.4, 0.5) is 0 Å². The lowest BCUT2D eigenvalue weighted by molar-refractivity contribution is 0.538. The predicted molar refractivity (Wildman–Crippen MR) is 35.1 cm³/mol. The highest BCUT2D eigenvalue weighted by molar-refractivity contribution is 7.79. The van der Waals surface area contributed by atoms with Gasteiger partial charge in [0.1, 0.15) is 0 Å². The fourth-order valence-corrected chi connectivity index (χ4v) is 1.08. The van der Waals surface area contributed by atoms with Crippen LogP contribution in [0.2, 0.25) is 0 Å². The molecule has 2 nitrogen and oxygen atoms in total. The van der Waals surface area contributed by atoms with Crippen molar-refractivity contribution in [1.82, 2.24) is 0 Å². The molecule has 1 N–H and O–H groups in total. The number of rotatable bonds is 3. The molecule has 0 rings (SSSR count). The third-order valence-electron chi connectivity index (χ3n) is 1.12. The standard InChI is InChI=1S/C5H12O2S/c1-3-5(2)4-8(6)7/h5H,3-4H2,1-2H3,(H,6,7)/t5-/m0/s1. The second kappa shape index (κ2) is 4.04. The highest BCUT2D eigenvalue weighted by atomic mass is 32.2. The van der Waals surface area contributed by atoms with Crippen LogP contribution in [-0.2, 0) is 11.1 Å². The van der Waals surface area contributed by atoms with Crippen LogP contribution in [0.3, 0.4) is 0 Å². The minimum absolute atomic E-state index is 0.376. The maximum Gasteiger partial charge on any atom is 0.153 e. The van der Waals surface area contributed by atoms with Crippen molar-refractivity contribution in [2.45, 2.75) is 20.3 Å². The third-order valence-corrected chi connectivity index (χ3v) is 1.98. The van der Waals surface area contributed by atoms with Crippen LogP contribution >= 0.6 is 0 Å². The zero-order valence-electron chi connectivity index (χ0n) is 5.26. The fraction of sp³-hybridized carbons (Fsp3) is 1.00. The van der Waals surface area contributed by atoms with Crippen LogP contribution < -0.4 is 0 Å². The molecule has 3 heteroatoms. The van der Waals surface area contributed by atoms with Crippen molar-refractivity contribution in [2.24, 2.45) is 5.92 Å². The van der Waals surface area contributed by atoms with Gasteiger partial charge >= 0.3 is 0 Å². The van der Waals surface area contributed by atoms with Crippen LogP contribution in [0, 0.1) is 5.92 Å². The van der Waals surface area contributed by atoms with Crippen molar-refractivity contribution in [3.8, 4) is 0 Å². The second-order valence-electron chi connectivity index (χ2n) is 2.00. The van der Waals surface area contributed by atoms with E-state index in [2.05, 4.69) is 0 Å². The first-order valence-corrected chi connectivity index (χ1v) is 4.01. The molecule has 0 radical (unpaired) electrons. The van der Waals surface area contributed by atoms with Gasteiger partial charge in [0.15, 0.2) is 11.1 Å². The van der Waals surface area contributed by atoms with E-state index in [0.717, 1.165) is 6.42 Å². The molecular formula is C5H12O2S. The molecule has 50 valence electrons. The summed E-state index contributed by atoms with van der Waals surface area (Å²) in [6.45, 7) is 3.98. The van der Waals surface area contributed by atoms with E-state index in [1.165, 1.54) is 0 Å². The van der Waals surface area contributed by atoms with Gasteiger partial charge in [0.2, 0.25) is 0 Å². The molecule has 0 bridgehead atoms. The van der Waals surface area contributed by atoms with Crippen LogP contribution in [0.25, 0.3) is 0 Å². The van der Waals surface area contributed by atoms with Gasteiger partial charge in [-0.25, -0.2) is 4.21 Å². The van der Waals surface area contributed by atoms with Gasteiger partial charge in [0.25, 0.3) is 0 Å². The summed E-state index contributed by atoms with van der Waals surface area (Å²) in [5, 5.41) is 0. The molecule has 0 aliphatic heterocycles. The Labute approximate surface area is 52.6 Å². The zero-order valence-corrected chi connectivity index (χ0v) is 6.07. The van der Waals surface area contributed by atoms with E-state index in [9.17, 15) is 4.21 Å². The lowest BCUT2D eigenvalue weighted by atomic mass is 10.2. The summed E-state index contributed by atoms with van der Waals surface area (Å²) in [6.07, 6.45) is 0.978. The Morgan fingerprint density at radius 3 is 2.38 bits per heavy atom. The van der Waals surface area contributed by atoms with Gasteiger partial charge in [-0.05, 0) is 5.92 Å². The maximum atomic E-state index is 10.1. The first kappa shape index (κ1) is 8.11. The number of hydrogen-bond acceptors (Lipinski definition) is 1. The van der Waals surface area contributed by atoms with Gasteiger partial charge in [-0.2, -0.15) is 0 Å². The predicted octanol–water partition coefficient (Wildman–Crippen LogP) is 1.25. The average Bonchev–Trinajstić information content (AvgIpc) is 1.65. The smallest absolute Gasteiger partial charge is 0.153 e. The molecule has 0 aromatic heterocycles. The summed E-state index contributed by atoms with van der Waals surface area (Å²) in [4.78, 5) is 0. The summed E-state index contributed by atoms with van der Waals surface area (Å²) >= 11 is -1.60. The van der Waals surface area contributed by atoms with E-state index in [1.54, 1.807) is 0 Å². The van der Waals surface area contributed by atoms with Crippen LogP contribution in [0.15, 0.2) is 0 Å². The van der Waals surface area contributed by atoms with E-state index in [4.69, 9.17) is 4.55 Å². The second-order valence-corrected chi connectivity index (χ2v) is 2.98. The van der Waals surface area contributed by atoms with Crippen LogP contribution in [0.1, 0.15) is 20.3 Å². The molecule has 8 heavy (non-hydrogen) atoms. The molecule has 0 fully saturated rings. The first-order valence-electron chi connectivity index (χ1n) is 2.74. The summed E-state index contributed by atoms with van der Waals surface area (Å²) in [5.74, 6) is 0.789. The molecule has 0 spiro atoms. The van der Waals surface area contributed by atoms with Gasteiger partial charge in [-0.1, -0.05) is 20.3 Å². The summed E-state index contributed by atoms with van der Waals surface area (Å²) in [7, 11) is 0. The Hall–Kier alpha value is 0.110. The van der Waals surface area contributed by atoms with Gasteiger partial charge < -0.3 is 4.55 Å². The summed E-state index contributed by atoms with van der Waals surface area (Å²) < 4.78 is 18.4. The minimum atomic E-state index is -1.60. The first-order chi connectivity index (χ1) is 3.66. The van der Waals surface area contributed by atoms with Crippen molar-refractivity contribution in [2.75, 3.05) is 5.75 Å². The molecule has 0 aliphatic carbocycles. The molecule has 0 heterocycles. The maximum absolute atomic E-state index is 10.1. The Morgan fingerprint density at radius 1 is 1.75 bits per heavy atom. The molecule has 2 atom stereocenters. The van der Waals surface area contributed by atoms with Gasteiger partial charge in [-0.3, -0.25) is 0 Å². The Kier molecular flexibility index (Phi) is 4.09. The topological polar surface area (TPSA) is 37.3 Å². The Morgan fingerprint density at radius 2 is 2.25 bits per heavy atom. The van der Waals surface area contributed by atoms with Crippen molar-refractivity contribution in [3.63, 3.8) is 0 Å². The summed E-state index contributed by atoms with van der Waals surface area (Å²) in [5.41, 5.74) is 0. The third kappa shape index (κ3) is 4.27. The van der Waals surface area contributed by atoms with E-state index >= 15 is 0 Å². The molecule has 1 unspecified atom stereocenters. The van der Waals surface area contributed by atoms with Gasteiger partial charge in [-0.15, -0.1) is 0 Å². The molecule has 0 aromatic rings. The normalized spacial score (nSPS) is 17.9. The minimum Gasteiger partial charge on any atom is -0.306 e. The molecule has 0 aliphatic rings. The lowest BCUT2D eigenvalue weighted by Crippen LogP contribution is -2.04. The quantitative estimate of drug-likeness (QED) is 0.593. The molecule has 0 aromatic carbocycles. The number of hydrogen-bond donors (Lipinski definition) is 1. The van der Waals surface area contributed by atoms with E-state index < -0.39 is 11.1 Å². The Bertz CT molecular complexity index is 82.5. The monoisotopic (exact) mass is 136 g/mol. The fourth-order valence-electron chi connectivity index (χ4n) is 0.361. The molecule has 0 amide bonds. The van der Waals surface area contributed by atoms with E-state index in [-0.39, 0.29) is 0 Å². The van der Waals surface area contributed by atoms with Crippen LogP contribution in [-0.4, -0.2) is 14.5 Å². The van der Waals surface area contributed by atoms with Crippen molar-refractivity contribution in [1.29, 1.82) is 0 Å². The molecular weight excluding hydrogens is 124 g/mol. The zero-order chi connectivity index (χ0) is 6.57. The van der Waals surface area contributed by atoms with Crippen molar-refractivity contribution < 1.29 is 8.76 Å². The van der Waals surface area contributed by atoms with Crippen LogP contribution in [0.5, 0.6) is 0 Å². The average molecular weight is 136 g/mol. The lowest BCUT2D eigenvalue weighted by Gasteiger charge is -2.01. The SMILES string of the molecule is CC[C@H](C)CS(=O)O. The highest BCUT2D eigenvalue weighted by Gasteiger charge is 2.00. The molecule has 0 saturated heterocycles. The summed E-state index contributed by atoms with van der Waals surface area (Å²) in [6, 6.07) is 0. The molecule has 0 saturated carbocycles. The largest absolute Gasteiger partial charge is 0.306 e. The van der Waals surface area contributed by atoms with Crippen molar-refractivity contribution >= 4 is 11.1 Å². The Balaban J connectivity index is 3.24. The van der Waals surface area contributed by atoms with E-state index in [1.807, 2.05) is 13.8 Å². The van der Waals surface area contributed by atoms with Crippen molar-refractivity contribution in [3.05, 3.63) is 0 Å². The van der Waals surface area contributed by atoms with Gasteiger partial charge in [0.05, 0.1) is 5.75 Å². The van der Waals surface area contributed by atoms with E-state index in [0.29, 0.717) is 11.7 Å². The highest BCUT2D eigenvalue weighted by Crippen LogP contribution is 2.00. The van der Waals surface area contributed by atoms with Gasteiger partial charge in [0, 0.05) is 0 Å².